The van der Waals surface area contributed by atoms with Crippen LogP contribution in [0.3, 0.4) is 0 Å². The Balaban J connectivity index is 1.70. The van der Waals surface area contributed by atoms with Crippen LogP contribution in [0.5, 0.6) is 11.5 Å². The molecule has 3 aromatic carbocycles. The highest BCUT2D eigenvalue weighted by molar-refractivity contribution is 5.98. The molecule has 0 unspecified atom stereocenters. The molecule has 1 fully saturated rings. The van der Waals surface area contributed by atoms with Crippen LogP contribution in [0, 0.1) is 0 Å². The van der Waals surface area contributed by atoms with Crippen molar-refractivity contribution in [3.8, 4) is 11.5 Å². The molecule has 9 heteroatoms. The van der Waals surface area contributed by atoms with Gasteiger partial charge in [0.2, 0.25) is 6.29 Å². The zero-order chi connectivity index (χ0) is 29.5. The van der Waals surface area contributed by atoms with Gasteiger partial charge < -0.3 is 39.5 Å². The lowest BCUT2D eigenvalue weighted by Crippen LogP contribution is -2.61. The normalized spacial score (nSPS) is 23.1. The molecule has 0 saturated carbocycles. The summed E-state index contributed by atoms with van der Waals surface area (Å²) in [5.74, 6) is -0.411. The molecule has 0 aliphatic carbocycles. The smallest absolute Gasteiger partial charge is 0.335 e. The standard InChI is InChI=1S/C32H37NO8/c1-4-25(20-9-6-5-7-10-20)26(21-13-15-23(16-14-21)39-18-17-33(2)3)22-11-8-12-24(19-22)40-32-29(36)27(34)28(35)30(41-32)31(37)38/h5-16,19,27-30,32,34-36H,4,17-18H2,1-3H3,(H,37,38)/b26-25+/t27-,28-,29+,30-,32+/m0/s1. The third-order valence-corrected chi connectivity index (χ3v) is 6.92. The van der Waals surface area contributed by atoms with Crippen molar-refractivity contribution in [3.05, 3.63) is 95.6 Å². The van der Waals surface area contributed by atoms with E-state index in [1.807, 2.05) is 62.6 Å². The van der Waals surface area contributed by atoms with E-state index in [0.29, 0.717) is 12.4 Å². The number of rotatable bonds is 11. The lowest BCUT2D eigenvalue weighted by molar-refractivity contribution is -0.271. The average Bonchev–Trinajstić information content (AvgIpc) is 2.97. The van der Waals surface area contributed by atoms with Crippen LogP contribution in [0.2, 0.25) is 0 Å². The van der Waals surface area contributed by atoms with Crippen LogP contribution in [-0.2, 0) is 9.53 Å². The lowest BCUT2D eigenvalue weighted by Gasteiger charge is -2.38. The summed E-state index contributed by atoms with van der Waals surface area (Å²) in [6, 6.07) is 25.1. The van der Waals surface area contributed by atoms with Gasteiger partial charge in [-0.1, -0.05) is 61.5 Å². The molecule has 3 aromatic rings. The van der Waals surface area contributed by atoms with Gasteiger partial charge in [-0.05, 0) is 72.6 Å². The summed E-state index contributed by atoms with van der Waals surface area (Å²) in [6.45, 7) is 3.46. The van der Waals surface area contributed by atoms with Gasteiger partial charge in [-0.15, -0.1) is 0 Å². The van der Waals surface area contributed by atoms with Gasteiger partial charge in [0.05, 0.1) is 0 Å². The highest BCUT2D eigenvalue weighted by atomic mass is 16.7. The summed E-state index contributed by atoms with van der Waals surface area (Å²) < 4.78 is 17.0. The summed E-state index contributed by atoms with van der Waals surface area (Å²) in [5, 5.41) is 40.0. The van der Waals surface area contributed by atoms with E-state index in [1.54, 1.807) is 18.2 Å². The zero-order valence-electron chi connectivity index (χ0n) is 23.4. The van der Waals surface area contributed by atoms with Gasteiger partial charge in [0.25, 0.3) is 0 Å². The number of hydrogen-bond acceptors (Lipinski definition) is 8. The predicted octanol–water partition coefficient (Wildman–Crippen LogP) is 3.27. The maximum atomic E-state index is 11.5. The summed E-state index contributed by atoms with van der Waals surface area (Å²) in [6.07, 6.45) is -7.72. The molecule has 41 heavy (non-hydrogen) atoms. The van der Waals surface area contributed by atoms with Crippen molar-refractivity contribution in [1.82, 2.24) is 4.90 Å². The molecule has 0 radical (unpaired) electrons. The van der Waals surface area contributed by atoms with Gasteiger partial charge in [-0.3, -0.25) is 0 Å². The number of aliphatic carboxylic acids is 1. The van der Waals surface area contributed by atoms with Crippen LogP contribution in [-0.4, -0.2) is 89.2 Å². The van der Waals surface area contributed by atoms with E-state index < -0.39 is 36.7 Å². The Morgan fingerprint density at radius 1 is 0.829 bits per heavy atom. The Labute approximate surface area is 239 Å². The van der Waals surface area contributed by atoms with Gasteiger partial charge in [0.1, 0.15) is 36.4 Å². The molecule has 1 aliphatic rings. The summed E-state index contributed by atoms with van der Waals surface area (Å²) >= 11 is 0. The minimum Gasteiger partial charge on any atom is -0.492 e. The maximum Gasteiger partial charge on any atom is 0.335 e. The molecule has 4 rings (SSSR count). The van der Waals surface area contributed by atoms with Crippen LogP contribution in [0.4, 0.5) is 0 Å². The van der Waals surface area contributed by atoms with E-state index in [1.165, 1.54) is 0 Å². The predicted molar refractivity (Wildman–Crippen MR) is 155 cm³/mol. The van der Waals surface area contributed by atoms with Crippen molar-refractivity contribution in [1.29, 1.82) is 0 Å². The molecule has 0 aromatic heterocycles. The number of aliphatic hydroxyl groups is 3. The van der Waals surface area contributed by atoms with E-state index in [0.717, 1.165) is 46.6 Å². The zero-order valence-corrected chi connectivity index (χ0v) is 23.4. The third kappa shape index (κ3) is 7.32. The Hall–Kier alpha value is -3.73. The number of hydrogen-bond donors (Lipinski definition) is 4. The summed E-state index contributed by atoms with van der Waals surface area (Å²) in [5.41, 5.74) is 4.91. The van der Waals surface area contributed by atoms with Gasteiger partial charge in [0.15, 0.2) is 6.10 Å². The number of carboxylic acid groups (broad SMARTS) is 1. The fourth-order valence-corrected chi connectivity index (χ4v) is 4.75. The molecule has 5 atom stereocenters. The van der Waals surface area contributed by atoms with Gasteiger partial charge in [0, 0.05) is 6.54 Å². The molecular formula is C32H37NO8. The van der Waals surface area contributed by atoms with Crippen molar-refractivity contribution in [2.24, 2.45) is 0 Å². The molecule has 218 valence electrons. The number of benzene rings is 3. The molecule has 0 spiro atoms. The highest BCUT2D eigenvalue weighted by Crippen LogP contribution is 2.36. The summed E-state index contributed by atoms with van der Waals surface area (Å²) in [4.78, 5) is 13.6. The second kappa shape index (κ2) is 13.8. The van der Waals surface area contributed by atoms with E-state index >= 15 is 0 Å². The number of carbonyl (C=O) groups is 1. The van der Waals surface area contributed by atoms with Crippen molar-refractivity contribution in [2.45, 2.75) is 44.1 Å². The van der Waals surface area contributed by atoms with Crippen molar-refractivity contribution < 1.29 is 39.4 Å². The van der Waals surface area contributed by atoms with E-state index in [4.69, 9.17) is 14.2 Å². The first kappa shape index (κ1) is 30.2. The van der Waals surface area contributed by atoms with Gasteiger partial charge >= 0.3 is 5.97 Å². The fourth-order valence-electron chi connectivity index (χ4n) is 4.75. The molecule has 0 amide bonds. The second-order valence-electron chi connectivity index (χ2n) is 10.1. The van der Waals surface area contributed by atoms with Crippen molar-refractivity contribution in [2.75, 3.05) is 27.2 Å². The molecule has 1 aliphatic heterocycles. The molecular weight excluding hydrogens is 526 g/mol. The SMILES string of the molecule is CC/C(=C(/c1ccc(OCCN(C)C)cc1)c1cccc(O[C@@H]2O[C@H](C(=O)O)[C@@H](O)[C@H](O)[C@H]2O)c1)c1ccccc1. The summed E-state index contributed by atoms with van der Waals surface area (Å²) in [7, 11) is 3.99. The minimum atomic E-state index is -1.80. The molecule has 0 bridgehead atoms. The highest BCUT2D eigenvalue weighted by Gasteiger charge is 2.48. The lowest BCUT2D eigenvalue weighted by atomic mass is 9.88. The Morgan fingerprint density at radius 2 is 1.51 bits per heavy atom. The Morgan fingerprint density at radius 3 is 2.15 bits per heavy atom. The minimum absolute atomic E-state index is 0.295. The number of nitrogens with zero attached hydrogens (tertiary/aromatic N) is 1. The molecule has 4 N–H and O–H groups in total. The second-order valence-corrected chi connectivity index (χ2v) is 10.1. The van der Waals surface area contributed by atoms with Crippen LogP contribution in [0.15, 0.2) is 78.9 Å². The third-order valence-electron chi connectivity index (χ3n) is 6.92. The van der Waals surface area contributed by atoms with Crippen LogP contribution >= 0.6 is 0 Å². The van der Waals surface area contributed by atoms with Crippen LogP contribution < -0.4 is 9.47 Å². The molecule has 1 saturated heterocycles. The molecule has 9 nitrogen and oxygen atoms in total. The first-order valence-electron chi connectivity index (χ1n) is 13.6. The van der Waals surface area contributed by atoms with E-state index in [-0.39, 0.29) is 0 Å². The van der Waals surface area contributed by atoms with Crippen LogP contribution in [0.25, 0.3) is 11.1 Å². The quantitative estimate of drug-likeness (QED) is 0.260. The largest absolute Gasteiger partial charge is 0.492 e. The maximum absolute atomic E-state index is 11.5. The molecule has 1 heterocycles. The Kier molecular flexibility index (Phi) is 10.1. The first-order chi connectivity index (χ1) is 19.7. The van der Waals surface area contributed by atoms with Gasteiger partial charge in [-0.25, -0.2) is 4.79 Å². The first-order valence-corrected chi connectivity index (χ1v) is 13.6. The number of allylic oxidation sites excluding steroid dienone is 1. The number of likely N-dealkylation sites (N-methyl/N-ethyl adjacent to an activating group) is 1. The van der Waals surface area contributed by atoms with E-state index in [9.17, 15) is 25.2 Å². The average molecular weight is 564 g/mol. The van der Waals surface area contributed by atoms with E-state index in [2.05, 4.69) is 24.0 Å². The number of carboxylic acids is 1. The van der Waals surface area contributed by atoms with Crippen molar-refractivity contribution >= 4 is 17.1 Å². The van der Waals surface area contributed by atoms with Crippen molar-refractivity contribution in [3.63, 3.8) is 0 Å². The topological polar surface area (TPSA) is 129 Å². The Bertz CT molecular complexity index is 1330. The number of ether oxygens (including phenoxy) is 3. The van der Waals surface area contributed by atoms with Gasteiger partial charge in [-0.2, -0.15) is 0 Å². The fraction of sp³-hybridized carbons (Fsp3) is 0.344. The van der Waals surface area contributed by atoms with Crippen LogP contribution in [0.1, 0.15) is 30.0 Å². The number of aliphatic hydroxyl groups excluding tert-OH is 3. The monoisotopic (exact) mass is 563 g/mol.